The summed E-state index contributed by atoms with van der Waals surface area (Å²) in [6, 6.07) is 12.7. The van der Waals surface area contributed by atoms with Crippen LogP contribution in [0, 0.1) is 6.92 Å². The molecule has 0 amide bonds. The molecule has 0 fully saturated rings. The number of hydrogen-bond acceptors (Lipinski definition) is 6. The predicted molar refractivity (Wildman–Crippen MR) is 122 cm³/mol. The third-order valence-corrected chi connectivity index (χ3v) is 10.4. The molecule has 0 aliphatic rings. The fourth-order valence-corrected chi connectivity index (χ4v) is 4.91. The van der Waals surface area contributed by atoms with Crippen LogP contribution in [0.4, 0.5) is 10.9 Å². The van der Waals surface area contributed by atoms with Gasteiger partial charge in [-0.15, -0.1) is 11.3 Å². The molecule has 2 heterocycles. The van der Waals surface area contributed by atoms with Crippen LogP contribution in [0.25, 0.3) is 0 Å². The number of rotatable bonds is 7. The van der Waals surface area contributed by atoms with Gasteiger partial charge in [-0.25, -0.2) is 9.97 Å². The third-order valence-electron chi connectivity index (χ3n) is 5.02. The number of pyridine rings is 1. The second-order valence-corrected chi connectivity index (χ2v) is 14.6. The maximum absolute atomic E-state index is 10.6. The lowest BCUT2D eigenvalue weighted by atomic mass is 10.0. The van der Waals surface area contributed by atoms with Crippen LogP contribution in [-0.4, -0.2) is 23.1 Å². The van der Waals surface area contributed by atoms with Gasteiger partial charge in [-0.05, 0) is 61.3 Å². The number of thiazole rings is 1. The van der Waals surface area contributed by atoms with Crippen LogP contribution in [0.15, 0.2) is 57.8 Å². The maximum atomic E-state index is 10.6. The minimum atomic E-state index is -2.23. The van der Waals surface area contributed by atoms with Gasteiger partial charge in [0.15, 0.2) is 13.4 Å². The van der Waals surface area contributed by atoms with Crippen molar-refractivity contribution in [2.24, 2.45) is 0 Å². The largest absolute Gasteiger partial charge is 0.432 e. The van der Waals surface area contributed by atoms with Crippen LogP contribution in [-0.2, 0) is 6.42 Å². The zero-order valence-electron chi connectivity index (χ0n) is 17.0. The molecule has 0 bridgehead atoms. The molecule has 3 rings (SSSR count). The van der Waals surface area contributed by atoms with E-state index in [1.807, 2.05) is 43.7 Å². The predicted octanol–water partition coefficient (Wildman–Crippen LogP) is 6.26. The van der Waals surface area contributed by atoms with E-state index in [0.29, 0.717) is 0 Å². The lowest BCUT2D eigenvalue weighted by Gasteiger charge is -2.35. The molecule has 1 aromatic carbocycles. The van der Waals surface area contributed by atoms with Gasteiger partial charge in [-0.3, -0.25) is 0 Å². The van der Waals surface area contributed by atoms with Crippen molar-refractivity contribution in [3.05, 3.63) is 59.2 Å². The molecule has 7 heteroatoms. The summed E-state index contributed by atoms with van der Waals surface area (Å²) in [6.45, 7) is 10.3. The summed E-state index contributed by atoms with van der Waals surface area (Å²) < 4.78 is 0. The summed E-state index contributed by atoms with van der Waals surface area (Å²) in [6.07, 6.45) is 2.70. The average Bonchev–Trinajstić information content (AvgIpc) is 2.99. The minimum absolute atomic E-state index is 0.0735. The molecule has 2 N–H and O–H groups in total. The third kappa shape index (κ3) is 5.44. The Morgan fingerprint density at radius 3 is 2.61 bits per heavy atom. The van der Waals surface area contributed by atoms with Crippen molar-refractivity contribution < 1.29 is 4.80 Å². The lowest BCUT2D eigenvalue weighted by molar-refractivity contribution is 0.467. The van der Waals surface area contributed by atoms with E-state index in [1.165, 1.54) is 10.5 Å². The molecule has 0 radical (unpaired) electrons. The van der Waals surface area contributed by atoms with Crippen molar-refractivity contribution in [3.8, 4) is 0 Å². The van der Waals surface area contributed by atoms with Gasteiger partial charge in [0.05, 0.1) is 5.69 Å². The molecule has 28 heavy (non-hydrogen) atoms. The zero-order chi connectivity index (χ0) is 20.4. The number of benzene rings is 1. The molecule has 0 aliphatic heterocycles. The number of aromatic nitrogens is 2. The van der Waals surface area contributed by atoms with E-state index in [2.05, 4.69) is 53.4 Å². The maximum Gasteiger partial charge on any atom is 0.188 e. The van der Waals surface area contributed by atoms with Crippen molar-refractivity contribution in [2.75, 3.05) is 5.32 Å². The second kappa shape index (κ2) is 8.37. The number of anilines is 2. The van der Waals surface area contributed by atoms with Crippen molar-refractivity contribution in [1.29, 1.82) is 0 Å². The van der Waals surface area contributed by atoms with Crippen molar-refractivity contribution >= 4 is 42.4 Å². The Bertz CT molecular complexity index is 951. The highest BCUT2D eigenvalue weighted by atomic mass is 32.2. The summed E-state index contributed by atoms with van der Waals surface area (Å²) in [4.78, 5) is 21.7. The van der Waals surface area contributed by atoms with E-state index in [1.54, 1.807) is 23.1 Å². The van der Waals surface area contributed by atoms with Crippen molar-refractivity contribution in [2.45, 2.75) is 55.1 Å². The van der Waals surface area contributed by atoms with Gasteiger partial charge in [-0.1, -0.05) is 37.7 Å². The van der Waals surface area contributed by atoms with Gasteiger partial charge in [-0.2, -0.15) is 0 Å². The summed E-state index contributed by atoms with van der Waals surface area (Å²) in [7, 11) is -2.23. The molecule has 148 valence electrons. The molecule has 0 spiro atoms. The first-order valence-electron chi connectivity index (χ1n) is 9.27. The van der Waals surface area contributed by atoms with Gasteiger partial charge in [0.1, 0.15) is 5.82 Å². The number of nitrogens with zero attached hydrogens (tertiary/aromatic N) is 2. The summed E-state index contributed by atoms with van der Waals surface area (Å²) in [5, 5.41) is 6.07. The van der Waals surface area contributed by atoms with Crippen LogP contribution in [0.3, 0.4) is 0 Å². The number of aryl methyl sites for hydroxylation is 1. The first kappa shape index (κ1) is 21.0. The molecule has 4 nitrogen and oxygen atoms in total. The van der Waals surface area contributed by atoms with Crippen LogP contribution >= 0.6 is 23.1 Å². The van der Waals surface area contributed by atoms with E-state index in [4.69, 9.17) is 0 Å². The Balaban J connectivity index is 1.73. The van der Waals surface area contributed by atoms with E-state index in [0.717, 1.165) is 28.0 Å². The van der Waals surface area contributed by atoms with Crippen LogP contribution in [0.1, 0.15) is 25.1 Å². The van der Waals surface area contributed by atoms with Gasteiger partial charge >= 0.3 is 0 Å². The molecule has 3 aromatic rings. The van der Waals surface area contributed by atoms with Gasteiger partial charge in [0.25, 0.3) is 0 Å². The topological polar surface area (TPSA) is 58.0 Å². The van der Waals surface area contributed by atoms with E-state index >= 15 is 0 Å². The first-order chi connectivity index (χ1) is 13.1. The fourth-order valence-electron chi connectivity index (χ4n) is 2.65. The molecule has 2 aromatic heterocycles. The lowest BCUT2D eigenvalue weighted by Crippen LogP contribution is -2.40. The van der Waals surface area contributed by atoms with Crippen LogP contribution in [0.2, 0.25) is 18.1 Å². The summed E-state index contributed by atoms with van der Waals surface area (Å²) in [5.74, 6) is 0.796. The molecule has 0 saturated carbocycles. The summed E-state index contributed by atoms with van der Waals surface area (Å²) >= 11 is 3.29. The van der Waals surface area contributed by atoms with Gasteiger partial charge in [0.2, 0.25) is 0 Å². The van der Waals surface area contributed by atoms with Crippen LogP contribution in [0.5, 0.6) is 0 Å². The number of hydrogen-bond donors (Lipinski definition) is 2. The molecule has 0 unspecified atom stereocenters. The van der Waals surface area contributed by atoms with E-state index in [-0.39, 0.29) is 5.04 Å². The highest BCUT2D eigenvalue weighted by Crippen LogP contribution is 2.39. The molecule has 0 aliphatic carbocycles. The fraction of sp³-hybridized carbons (Fsp3) is 0.333. The highest BCUT2D eigenvalue weighted by molar-refractivity contribution is 7.99. The summed E-state index contributed by atoms with van der Waals surface area (Å²) in [5.41, 5.74) is 2.27. The van der Waals surface area contributed by atoms with Crippen molar-refractivity contribution in [1.82, 2.24) is 9.97 Å². The van der Waals surface area contributed by atoms with Gasteiger partial charge in [0, 0.05) is 21.4 Å². The molecular weight excluding hydrogens is 402 g/mol. The smallest absolute Gasteiger partial charge is 0.188 e. The Kier molecular flexibility index (Phi) is 6.29. The quantitative estimate of drug-likeness (QED) is 0.434. The molecular formula is C21H27N3OS2Si. The highest BCUT2D eigenvalue weighted by Gasteiger charge is 2.37. The van der Waals surface area contributed by atoms with E-state index < -0.39 is 8.32 Å². The minimum Gasteiger partial charge on any atom is -0.432 e. The first-order valence-corrected chi connectivity index (χ1v) is 13.9. The van der Waals surface area contributed by atoms with E-state index in [9.17, 15) is 4.80 Å². The normalized spacial score (nSPS) is 12.2. The standard InChI is InChI=1S/C21H27N3OS2Si/c1-15-14-26-20(23-15)24-19-12-18(9-10-22-19)27-17-8-6-7-16(11-17)13-21(2,3)28(4,5)25/h6-12,14,25H,13H2,1-5H3,(H,22,23,24). The Labute approximate surface area is 176 Å². The Hall–Kier alpha value is -1.67. The SMILES string of the molecule is Cc1csc(Nc2cc(Sc3cccc(CC(C)(C)[Si](C)(C)O)c3)ccn2)n1. The number of nitrogens with one attached hydrogen (secondary N) is 1. The average molecular weight is 430 g/mol. The monoisotopic (exact) mass is 429 g/mol. The molecule has 0 atom stereocenters. The molecule has 0 saturated heterocycles. The second-order valence-electron chi connectivity index (χ2n) is 8.16. The zero-order valence-corrected chi connectivity index (χ0v) is 19.6. The Morgan fingerprint density at radius 2 is 1.93 bits per heavy atom. The van der Waals surface area contributed by atoms with Crippen molar-refractivity contribution in [3.63, 3.8) is 0 Å². The van der Waals surface area contributed by atoms with Gasteiger partial charge < -0.3 is 10.1 Å². The Morgan fingerprint density at radius 1 is 1.18 bits per heavy atom. The van der Waals surface area contributed by atoms with Crippen LogP contribution < -0.4 is 5.32 Å².